The van der Waals surface area contributed by atoms with E-state index in [1.54, 1.807) is 0 Å². The highest BCUT2D eigenvalue weighted by Crippen LogP contribution is 2.38. The molecule has 0 unspecified atom stereocenters. The lowest BCUT2D eigenvalue weighted by Gasteiger charge is -2.11. The highest BCUT2D eigenvalue weighted by Gasteiger charge is 2.19. The van der Waals surface area contributed by atoms with Gasteiger partial charge in [0.25, 0.3) is 0 Å². The van der Waals surface area contributed by atoms with E-state index in [0.717, 1.165) is 44.7 Å². The Kier molecular flexibility index (Phi) is 7.40. The molecule has 0 aliphatic heterocycles. The number of nitrogens with zero attached hydrogens (tertiary/aromatic N) is 5. The number of fused-ring (bicyclic) bond motifs is 5. The van der Waals surface area contributed by atoms with E-state index in [4.69, 9.17) is 19.9 Å². The Morgan fingerprint density at radius 3 is 1.58 bits per heavy atom. The lowest BCUT2D eigenvalue weighted by atomic mass is 10.0. The van der Waals surface area contributed by atoms with E-state index in [9.17, 15) is 0 Å². The third kappa shape index (κ3) is 5.52. The second-order valence-electron chi connectivity index (χ2n) is 13.1. The number of aromatic nitrogens is 5. The quantitative estimate of drug-likeness (QED) is 0.176. The van der Waals surface area contributed by atoms with E-state index in [1.165, 1.54) is 27.1 Å². The van der Waals surface area contributed by atoms with Crippen molar-refractivity contribution in [3.63, 3.8) is 0 Å². The minimum Gasteiger partial charge on any atom is -0.294 e. The van der Waals surface area contributed by atoms with Crippen molar-refractivity contribution in [2.24, 2.45) is 0 Å². The van der Waals surface area contributed by atoms with Gasteiger partial charge < -0.3 is 0 Å². The SMILES string of the molecule is c1ccc(-c2ccc(-c3nc(-c4ccccc4)nc(-c4cccc(-n5c6cc(-c7ccccc7)ccc6c6c7ccccc7ccc65)n4)n3)cc2)cc1. The maximum atomic E-state index is 5.30. The third-order valence-electron chi connectivity index (χ3n) is 9.87. The second kappa shape index (κ2) is 12.8. The summed E-state index contributed by atoms with van der Waals surface area (Å²) in [4.78, 5) is 20.3. The monoisotopic (exact) mass is 677 g/mol. The number of rotatable bonds is 6. The molecule has 7 aromatic carbocycles. The van der Waals surface area contributed by atoms with Crippen molar-refractivity contribution in [3.05, 3.63) is 188 Å². The molecule has 248 valence electrons. The Morgan fingerprint density at radius 2 is 0.868 bits per heavy atom. The largest absolute Gasteiger partial charge is 0.294 e. The van der Waals surface area contributed by atoms with Crippen LogP contribution in [0.5, 0.6) is 0 Å². The number of pyridine rings is 1. The molecule has 10 aromatic rings. The molecular weight excluding hydrogens is 647 g/mol. The zero-order chi connectivity index (χ0) is 35.1. The van der Waals surface area contributed by atoms with E-state index < -0.39 is 0 Å². The predicted molar refractivity (Wildman–Crippen MR) is 217 cm³/mol. The average molecular weight is 678 g/mol. The van der Waals surface area contributed by atoms with E-state index in [0.29, 0.717) is 23.2 Å². The van der Waals surface area contributed by atoms with Gasteiger partial charge in [0.05, 0.1) is 11.0 Å². The Hall–Kier alpha value is -7.24. The van der Waals surface area contributed by atoms with Gasteiger partial charge in [0, 0.05) is 21.9 Å². The molecule has 0 N–H and O–H groups in total. The van der Waals surface area contributed by atoms with E-state index in [-0.39, 0.29) is 0 Å². The van der Waals surface area contributed by atoms with Gasteiger partial charge in [0.15, 0.2) is 17.5 Å². The summed E-state index contributed by atoms with van der Waals surface area (Å²) in [5, 5.41) is 4.80. The van der Waals surface area contributed by atoms with Crippen LogP contribution < -0.4 is 0 Å². The molecule has 0 amide bonds. The first-order chi connectivity index (χ1) is 26.3. The molecule has 0 aliphatic rings. The number of hydrogen-bond acceptors (Lipinski definition) is 4. The third-order valence-corrected chi connectivity index (χ3v) is 9.87. The molecule has 0 bridgehead atoms. The van der Waals surface area contributed by atoms with Crippen molar-refractivity contribution in [1.82, 2.24) is 24.5 Å². The molecule has 0 radical (unpaired) electrons. The van der Waals surface area contributed by atoms with Crippen LogP contribution in [-0.2, 0) is 0 Å². The van der Waals surface area contributed by atoms with Crippen LogP contribution in [0.15, 0.2) is 188 Å². The van der Waals surface area contributed by atoms with Crippen molar-refractivity contribution in [2.45, 2.75) is 0 Å². The van der Waals surface area contributed by atoms with Gasteiger partial charge in [-0.05, 0) is 57.3 Å². The van der Waals surface area contributed by atoms with Crippen LogP contribution in [-0.4, -0.2) is 24.5 Å². The van der Waals surface area contributed by atoms with E-state index in [1.807, 2.05) is 48.5 Å². The van der Waals surface area contributed by atoms with Gasteiger partial charge in [-0.25, -0.2) is 19.9 Å². The van der Waals surface area contributed by atoms with Crippen molar-refractivity contribution < 1.29 is 0 Å². The van der Waals surface area contributed by atoms with Gasteiger partial charge in [-0.1, -0.05) is 164 Å². The molecule has 10 rings (SSSR count). The Labute approximate surface area is 306 Å². The Bertz CT molecular complexity index is 2920. The highest BCUT2D eigenvalue weighted by molar-refractivity contribution is 6.21. The average Bonchev–Trinajstić information content (AvgIpc) is 3.59. The zero-order valence-corrected chi connectivity index (χ0v) is 28.6. The summed E-state index contributed by atoms with van der Waals surface area (Å²) < 4.78 is 2.27. The molecule has 0 saturated heterocycles. The van der Waals surface area contributed by atoms with E-state index >= 15 is 0 Å². The minimum atomic E-state index is 0.513. The fourth-order valence-corrected chi connectivity index (χ4v) is 7.29. The molecule has 5 heteroatoms. The molecule has 5 nitrogen and oxygen atoms in total. The van der Waals surface area contributed by atoms with Crippen LogP contribution in [0.1, 0.15) is 0 Å². The molecule has 3 aromatic heterocycles. The first-order valence-corrected chi connectivity index (χ1v) is 17.7. The number of benzene rings is 7. The first-order valence-electron chi connectivity index (χ1n) is 17.7. The van der Waals surface area contributed by atoms with Gasteiger partial charge >= 0.3 is 0 Å². The molecule has 0 fully saturated rings. The molecule has 3 heterocycles. The van der Waals surface area contributed by atoms with Gasteiger partial charge in [0.2, 0.25) is 0 Å². The van der Waals surface area contributed by atoms with Gasteiger partial charge in [-0.3, -0.25) is 4.57 Å². The van der Waals surface area contributed by atoms with Crippen molar-refractivity contribution in [3.8, 4) is 62.4 Å². The minimum absolute atomic E-state index is 0.513. The number of hydrogen-bond donors (Lipinski definition) is 0. The lowest BCUT2D eigenvalue weighted by molar-refractivity contribution is 1.03. The Balaban J connectivity index is 1.16. The van der Waals surface area contributed by atoms with Crippen LogP contribution in [0.3, 0.4) is 0 Å². The van der Waals surface area contributed by atoms with Crippen molar-refractivity contribution in [2.75, 3.05) is 0 Å². The van der Waals surface area contributed by atoms with Crippen LogP contribution in [0, 0.1) is 0 Å². The maximum absolute atomic E-state index is 5.30. The summed E-state index contributed by atoms with van der Waals surface area (Å²) in [6, 6.07) is 65.2. The molecule has 0 saturated carbocycles. The summed E-state index contributed by atoms with van der Waals surface area (Å²) in [7, 11) is 0. The lowest BCUT2D eigenvalue weighted by Crippen LogP contribution is -2.03. The zero-order valence-electron chi connectivity index (χ0n) is 28.6. The van der Waals surface area contributed by atoms with Gasteiger partial charge in [-0.2, -0.15) is 0 Å². The van der Waals surface area contributed by atoms with Crippen molar-refractivity contribution >= 4 is 32.6 Å². The Morgan fingerprint density at radius 1 is 0.321 bits per heavy atom. The van der Waals surface area contributed by atoms with Crippen LogP contribution in [0.4, 0.5) is 0 Å². The smallest absolute Gasteiger partial charge is 0.182 e. The van der Waals surface area contributed by atoms with Crippen molar-refractivity contribution in [1.29, 1.82) is 0 Å². The summed E-state index contributed by atoms with van der Waals surface area (Å²) >= 11 is 0. The standard InChI is InChI=1S/C48H31N5/c1-4-13-32(14-5-1)34-23-25-37(26-24-34)47-50-46(36-18-8-3-9-19-36)51-48(52-47)41-21-12-22-44(49-41)53-42-30-28-35-17-10-11-20-39(35)45(42)40-29-27-38(31-43(40)53)33-15-6-2-7-16-33/h1-31H. The van der Waals surface area contributed by atoms with Gasteiger partial charge in [0.1, 0.15) is 11.5 Å². The first kappa shape index (κ1) is 30.6. The molecule has 0 spiro atoms. The topological polar surface area (TPSA) is 56.5 Å². The molecule has 53 heavy (non-hydrogen) atoms. The molecular formula is C48H31N5. The van der Waals surface area contributed by atoms with Crippen LogP contribution in [0.2, 0.25) is 0 Å². The summed E-state index contributed by atoms with van der Waals surface area (Å²) in [5.41, 5.74) is 9.28. The van der Waals surface area contributed by atoms with E-state index in [2.05, 4.69) is 144 Å². The fraction of sp³-hybridized carbons (Fsp3) is 0. The van der Waals surface area contributed by atoms with Gasteiger partial charge in [-0.15, -0.1) is 0 Å². The summed E-state index contributed by atoms with van der Waals surface area (Å²) in [6.07, 6.45) is 0. The highest BCUT2D eigenvalue weighted by atomic mass is 15.1. The van der Waals surface area contributed by atoms with Crippen LogP contribution in [0.25, 0.3) is 94.9 Å². The molecule has 0 atom stereocenters. The predicted octanol–water partition coefficient (Wildman–Crippen LogP) is 11.9. The fourth-order valence-electron chi connectivity index (χ4n) is 7.29. The normalized spacial score (nSPS) is 11.4. The molecule has 0 aliphatic carbocycles. The maximum Gasteiger partial charge on any atom is 0.182 e. The summed E-state index contributed by atoms with van der Waals surface area (Å²) in [5.74, 6) is 2.50. The van der Waals surface area contributed by atoms with Crippen LogP contribution >= 0.6 is 0 Å². The summed E-state index contributed by atoms with van der Waals surface area (Å²) in [6.45, 7) is 0. The second-order valence-corrected chi connectivity index (χ2v) is 13.1.